The molecule has 0 aliphatic heterocycles. The molecule has 0 radical (unpaired) electrons. The highest BCUT2D eigenvalue weighted by Gasteiger charge is 2.00. The lowest BCUT2D eigenvalue weighted by Gasteiger charge is -1.95. The third kappa shape index (κ3) is 6.72. The van der Waals surface area contributed by atoms with Crippen LogP contribution in [0.3, 0.4) is 0 Å². The SMILES string of the molecule is O=C(Cl)OC(Br)Br. The molecule has 0 N–H and O–H groups in total. The van der Waals surface area contributed by atoms with E-state index in [2.05, 4.69) is 36.6 Å². The number of hydrogen-bond donors (Lipinski definition) is 0. The third-order valence-electron chi connectivity index (χ3n) is 0.182. The Labute approximate surface area is 62.4 Å². The van der Waals surface area contributed by atoms with Gasteiger partial charge in [-0.15, -0.1) is 0 Å². The van der Waals surface area contributed by atoms with Crippen LogP contribution in [-0.2, 0) is 4.74 Å². The zero-order valence-electron chi connectivity index (χ0n) is 3.03. The van der Waals surface area contributed by atoms with Crippen LogP contribution in [0.5, 0.6) is 0 Å². The lowest BCUT2D eigenvalue weighted by molar-refractivity contribution is 0.189. The highest BCUT2D eigenvalue weighted by Crippen LogP contribution is 2.10. The van der Waals surface area contributed by atoms with Gasteiger partial charge in [-0.3, -0.25) is 0 Å². The molecule has 7 heavy (non-hydrogen) atoms. The maximum atomic E-state index is 9.74. The van der Waals surface area contributed by atoms with E-state index in [0.717, 1.165) is 0 Å². The van der Waals surface area contributed by atoms with Crippen molar-refractivity contribution in [3.05, 3.63) is 0 Å². The molecule has 0 spiro atoms. The Bertz CT molecular complexity index is 74.1. The first-order chi connectivity index (χ1) is 3.13. The first-order valence-corrected chi connectivity index (χ1v) is 3.48. The molecule has 42 valence electrons. The molecule has 0 heterocycles. The van der Waals surface area contributed by atoms with Gasteiger partial charge in [-0.2, -0.15) is 0 Å². The Balaban J connectivity index is 3.13. The van der Waals surface area contributed by atoms with Crippen LogP contribution in [0.25, 0.3) is 0 Å². The smallest absolute Gasteiger partial charge is 0.405 e. The van der Waals surface area contributed by atoms with Crippen molar-refractivity contribution < 1.29 is 9.53 Å². The monoisotopic (exact) mass is 250 g/mol. The number of ether oxygens (including phenoxy) is 1. The zero-order valence-corrected chi connectivity index (χ0v) is 6.96. The van der Waals surface area contributed by atoms with Crippen molar-refractivity contribution in [3.8, 4) is 0 Å². The number of rotatable bonds is 1. The Morgan fingerprint density at radius 2 is 2.14 bits per heavy atom. The molecule has 5 heteroatoms. The van der Waals surface area contributed by atoms with Gasteiger partial charge in [-0.25, -0.2) is 4.79 Å². The third-order valence-corrected chi connectivity index (χ3v) is 0.645. The molecule has 0 unspecified atom stereocenters. The van der Waals surface area contributed by atoms with Crippen LogP contribution < -0.4 is 0 Å². The summed E-state index contributed by atoms with van der Waals surface area (Å²) in [4.78, 5) is 9.74. The van der Waals surface area contributed by atoms with E-state index >= 15 is 0 Å². The Morgan fingerprint density at radius 3 is 2.14 bits per heavy atom. The highest BCUT2D eigenvalue weighted by molar-refractivity contribution is 9.24. The predicted molar refractivity (Wildman–Crippen MR) is 34.0 cm³/mol. The Kier molecular flexibility index (Phi) is 4.07. The number of alkyl halides is 2. The summed E-state index contributed by atoms with van der Waals surface area (Å²) >= 11 is 10.5. The standard InChI is InChI=1S/C2HBr2ClO2/c3-1(4)7-2(5)6/h1H. The summed E-state index contributed by atoms with van der Waals surface area (Å²) in [7, 11) is 0. The molecule has 0 fully saturated rings. The van der Waals surface area contributed by atoms with Crippen LogP contribution in [0, 0.1) is 0 Å². The summed E-state index contributed by atoms with van der Waals surface area (Å²) in [5, 5.41) is 0. The number of hydrogen-bond acceptors (Lipinski definition) is 2. The fourth-order valence-corrected chi connectivity index (χ4v) is 0.714. The second-order valence-corrected chi connectivity index (χ2v) is 3.82. The average Bonchev–Trinajstić information content (AvgIpc) is 1.27. The van der Waals surface area contributed by atoms with E-state index in [-0.39, 0.29) is 0 Å². The van der Waals surface area contributed by atoms with Gasteiger partial charge in [0.15, 0.2) is 0 Å². The summed E-state index contributed by atoms with van der Waals surface area (Å²) in [6.07, 6.45) is 0. The second-order valence-electron chi connectivity index (χ2n) is 0.616. The largest absolute Gasteiger partial charge is 0.428 e. The molecular weight excluding hydrogens is 251 g/mol. The fourth-order valence-electron chi connectivity index (χ4n) is 0.0700. The summed E-state index contributed by atoms with van der Waals surface area (Å²) in [6, 6.07) is 0. The predicted octanol–water partition coefficient (Wildman–Crippen LogP) is 2.44. The van der Waals surface area contributed by atoms with Crippen LogP contribution in [0.15, 0.2) is 0 Å². The lowest BCUT2D eigenvalue weighted by Crippen LogP contribution is -1.95. The minimum Gasteiger partial charge on any atom is -0.428 e. The van der Waals surface area contributed by atoms with Crippen molar-refractivity contribution in [2.24, 2.45) is 0 Å². The van der Waals surface area contributed by atoms with Gasteiger partial charge in [0.25, 0.3) is 0 Å². The van der Waals surface area contributed by atoms with Gasteiger partial charge in [0, 0.05) is 11.6 Å². The van der Waals surface area contributed by atoms with Crippen molar-refractivity contribution in [1.82, 2.24) is 0 Å². The summed E-state index contributed by atoms with van der Waals surface area (Å²) < 4.78 is 3.73. The fraction of sp³-hybridized carbons (Fsp3) is 0.500. The first kappa shape index (κ1) is 7.72. The van der Waals surface area contributed by atoms with Crippen molar-refractivity contribution in [2.45, 2.75) is 3.92 Å². The van der Waals surface area contributed by atoms with E-state index in [4.69, 9.17) is 11.6 Å². The first-order valence-electron chi connectivity index (χ1n) is 1.27. The normalized spacial score (nSPS) is 9.14. The van der Waals surface area contributed by atoms with Crippen LogP contribution in [0.1, 0.15) is 0 Å². The second kappa shape index (κ2) is 3.69. The molecule has 2 nitrogen and oxygen atoms in total. The molecule has 0 aliphatic rings. The molecule has 0 amide bonds. The van der Waals surface area contributed by atoms with Gasteiger partial charge in [0.2, 0.25) is 3.92 Å². The Hall–Kier alpha value is 0.720. The van der Waals surface area contributed by atoms with E-state index in [1.165, 1.54) is 0 Å². The van der Waals surface area contributed by atoms with Crippen LogP contribution in [0.4, 0.5) is 4.79 Å². The lowest BCUT2D eigenvalue weighted by atomic mass is 11.5. The van der Waals surface area contributed by atoms with Crippen LogP contribution in [0.2, 0.25) is 0 Å². The van der Waals surface area contributed by atoms with Gasteiger partial charge >= 0.3 is 5.43 Å². The molecule has 0 bridgehead atoms. The van der Waals surface area contributed by atoms with Gasteiger partial charge in [0.05, 0.1) is 0 Å². The van der Waals surface area contributed by atoms with Gasteiger partial charge in [-0.05, 0) is 31.9 Å². The highest BCUT2D eigenvalue weighted by atomic mass is 79.9. The van der Waals surface area contributed by atoms with Gasteiger partial charge in [0.1, 0.15) is 0 Å². The van der Waals surface area contributed by atoms with E-state index in [9.17, 15) is 4.79 Å². The molecule has 0 atom stereocenters. The number of carbonyl (C=O) groups is 1. The quantitative estimate of drug-likeness (QED) is 0.529. The van der Waals surface area contributed by atoms with Crippen molar-refractivity contribution in [2.75, 3.05) is 0 Å². The van der Waals surface area contributed by atoms with Crippen molar-refractivity contribution in [3.63, 3.8) is 0 Å². The molecule has 0 aromatic heterocycles. The molecule has 0 rings (SSSR count). The molecule has 0 saturated carbocycles. The van der Waals surface area contributed by atoms with E-state index in [1.807, 2.05) is 0 Å². The Morgan fingerprint density at radius 1 is 1.71 bits per heavy atom. The average molecular weight is 252 g/mol. The van der Waals surface area contributed by atoms with Crippen molar-refractivity contribution >= 4 is 48.9 Å². The molecule has 0 aliphatic carbocycles. The van der Waals surface area contributed by atoms with Crippen LogP contribution in [-0.4, -0.2) is 9.35 Å². The minimum atomic E-state index is -0.834. The van der Waals surface area contributed by atoms with E-state index in [0.29, 0.717) is 0 Å². The van der Waals surface area contributed by atoms with E-state index in [1.54, 1.807) is 0 Å². The van der Waals surface area contributed by atoms with Crippen molar-refractivity contribution in [1.29, 1.82) is 0 Å². The summed E-state index contributed by atoms with van der Waals surface area (Å²) in [6.45, 7) is 0. The summed E-state index contributed by atoms with van der Waals surface area (Å²) in [5.74, 6) is 0. The molecule has 0 aromatic carbocycles. The van der Waals surface area contributed by atoms with Gasteiger partial charge in [-0.1, -0.05) is 0 Å². The minimum absolute atomic E-state index is 0.481. The van der Waals surface area contributed by atoms with Crippen LogP contribution >= 0.6 is 43.5 Å². The zero-order chi connectivity index (χ0) is 5.86. The summed E-state index contributed by atoms with van der Waals surface area (Å²) in [5.41, 5.74) is -0.834. The topological polar surface area (TPSA) is 26.3 Å². The molecule has 0 saturated heterocycles. The maximum Gasteiger partial charge on any atom is 0.405 e. The van der Waals surface area contributed by atoms with Gasteiger partial charge < -0.3 is 4.74 Å². The maximum absolute atomic E-state index is 9.74. The van der Waals surface area contributed by atoms with E-state index < -0.39 is 9.35 Å². The molecule has 0 aromatic rings. The number of halogens is 3. The number of carbonyl (C=O) groups excluding carboxylic acids is 1. The molecular formula is C2HBr2ClO2.